The molecule has 2 aromatic carbocycles. The van der Waals surface area contributed by atoms with Gasteiger partial charge in [0, 0.05) is 25.2 Å². The first-order chi connectivity index (χ1) is 15.9. The molecule has 188 valence electrons. The highest BCUT2D eigenvalue weighted by Crippen LogP contribution is 2.40. The number of methoxy groups -OCH3 is 3. The Morgan fingerprint density at radius 3 is 2.18 bits per heavy atom. The maximum absolute atomic E-state index is 13.0. The van der Waals surface area contributed by atoms with Crippen LogP contribution in [0.3, 0.4) is 0 Å². The Hall–Kier alpha value is -2.20. The van der Waals surface area contributed by atoms with E-state index in [1.54, 1.807) is 33.5 Å². The van der Waals surface area contributed by atoms with E-state index in [2.05, 4.69) is 28.8 Å². The summed E-state index contributed by atoms with van der Waals surface area (Å²) >= 11 is 6.50. The number of halogens is 1. The predicted octanol–water partition coefficient (Wildman–Crippen LogP) is 4.16. The van der Waals surface area contributed by atoms with Crippen molar-refractivity contribution >= 4 is 27.3 Å². The molecule has 1 saturated heterocycles. The third-order valence-electron chi connectivity index (χ3n) is 6.22. The molecule has 0 radical (unpaired) electrons. The molecule has 0 saturated carbocycles. The van der Waals surface area contributed by atoms with Crippen LogP contribution in [0.2, 0.25) is 5.02 Å². The molecule has 2 unspecified atom stereocenters. The molecule has 1 aliphatic rings. The van der Waals surface area contributed by atoms with Gasteiger partial charge in [-0.2, -0.15) is 0 Å². The molecular weight excluding hydrogens is 478 g/mol. The third-order valence-corrected chi connectivity index (χ3v) is 8.00. The molecule has 2 aromatic rings. The molecule has 1 aliphatic heterocycles. The number of benzene rings is 2. The Morgan fingerprint density at radius 2 is 1.71 bits per heavy atom. The molecule has 10 heteroatoms. The molecule has 0 amide bonds. The Bertz CT molecular complexity index is 1110. The molecule has 2 N–H and O–H groups in total. The minimum Gasteiger partial charge on any atom is -0.493 e. The van der Waals surface area contributed by atoms with E-state index in [0.29, 0.717) is 34.5 Å². The van der Waals surface area contributed by atoms with Crippen molar-refractivity contribution in [3.63, 3.8) is 0 Å². The van der Waals surface area contributed by atoms with E-state index in [1.165, 1.54) is 6.07 Å². The second-order valence-electron chi connectivity index (χ2n) is 9.33. The van der Waals surface area contributed by atoms with Crippen LogP contribution in [-0.2, 0) is 10.0 Å². The fraction of sp³-hybridized carbons (Fsp3) is 0.500. The van der Waals surface area contributed by atoms with Gasteiger partial charge in [-0.1, -0.05) is 25.4 Å². The van der Waals surface area contributed by atoms with Crippen LogP contribution in [0.25, 0.3) is 0 Å². The zero-order chi connectivity index (χ0) is 25.3. The van der Waals surface area contributed by atoms with Gasteiger partial charge in [-0.15, -0.1) is 0 Å². The summed E-state index contributed by atoms with van der Waals surface area (Å²) in [5.41, 5.74) is 1.34. The lowest BCUT2D eigenvalue weighted by atomic mass is 9.89. The van der Waals surface area contributed by atoms with Crippen LogP contribution in [0.15, 0.2) is 35.2 Å². The van der Waals surface area contributed by atoms with Crippen molar-refractivity contribution in [2.75, 3.05) is 46.8 Å². The van der Waals surface area contributed by atoms with Gasteiger partial charge in [0.05, 0.1) is 36.9 Å². The van der Waals surface area contributed by atoms with Crippen LogP contribution in [-0.4, -0.2) is 60.8 Å². The van der Waals surface area contributed by atoms with Crippen LogP contribution in [0, 0.1) is 5.41 Å². The van der Waals surface area contributed by atoms with Crippen LogP contribution in [0.1, 0.15) is 32.4 Å². The number of nitrogens with zero attached hydrogens (tertiary/aromatic N) is 1. The first-order valence-corrected chi connectivity index (χ1v) is 12.8. The summed E-state index contributed by atoms with van der Waals surface area (Å²) in [4.78, 5) is 2.26. The van der Waals surface area contributed by atoms with Crippen molar-refractivity contribution in [1.29, 1.82) is 0 Å². The first-order valence-electron chi connectivity index (χ1n) is 11.0. The smallest absolute Gasteiger partial charge is 0.240 e. The maximum Gasteiger partial charge on any atom is 0.240 e. The lowest BCUT2D eigenvalue weighted by molar-refractivity contribution is 0.315. The molecule has 0 bridgehead atoms. The Labute approximate surface area is 207 Å². The van der Waals surface area contributed by atoms with E-state index < -0.39 is 10.0 Å². The van der Waals surface area contributed by atoms with Gasteiger partial charge in [-0.3, -0.25) is 0 Å². The average molecular weight is 512 g/mol. The zero-order valence-electron chi connectivity index (χ0n) is 20.7. The summed E-state index contributed by atoms with van der Waals surface area (Å²) in [6, 6.07) is 8.06. The second kappa shape index (κ2) is 10.2. The second-order valence-corrected chi connectivity index (χ2v) is 11.4. The lowest BCUT2D eigenvalue weighted by Gasteiger charge is -2.26. The Kier molecular flexibility index (Phi) is 7.92. The lowest BCUT2D eigenvalue weighted by Crippen LogP contribution is -2.44. The van der Waals surface area contributed by atoms with Crippen molar-refractivity contribution in [2.24, 2.45) is 5.41 Å². The van der Waals surface area contributed by atoms with Crippen molar-refractivity contribution in [3.8, 4) is 17.2 Å². The number of likely N-dealkylation sites (N-methyl/N-ethyl adjacent to an activating group) is 1. The van der Waals surface area contributed by atoms with E-state index in [-0.39, 0.29) is 22.4 Å². The standard InChI is InChI=1S/C24H34ClN3O5S/c1-15(16-10-20(31-5)23(33-7)21(11-16)32-6)26-19-9-8-17(12-18(19)25)34(29,30)27-22-13-28(4)14-24(22,2)3/h8-12,15,22,26-27H,13-14H2,1-7H3. The molecule has 1 fully saturated rings. The number of likely N-dealkylation sites (tertiary alicyclic amines) is 1. The maximum atomic E-state index is 13.0. The highest BCUT2D eigenvalue weighted by molar-refractivity contribution is 7.89. The SMILES string of the molecule is COc1cc(C(C)Nc2ccc(S(=O)(=O)NC3CN(C)CC3(C)C)cc2Cl)cc(OC)c1OC. The number of ether oxygens (including phenoxy) is 3. The van der Waals surface area contributed by atoms with E-state index >= 15 is 0 Å². The van der Waals surface area contributed by atoms with Gasteiger partial charge in [0.2, 0.25) is 15.8 Å². The van der Waals surface area contributed by atoms with E-state index in [9.17, 15) is 8.42 Å². The van der Waals surface area contributed by atoms with Crippen molar-refractivity contribution < 1.29 is 22.6 Å². The number of hydrogen-bond donors (Lipinski definition) is 2. The molecule has 3 rings (SSSR count). The van der Waals surface area contributed by atoms with Gasteiger partial charge in [0.15, 0.2) is 11.5 Å². The summed E-state index contributed by atoms with van der Waals surface area (Å²) in [7, 11) is 2.95. The Morgan fingerprint density at radius 1 is 1.09 bits per heavy atom. The third kappa shape index (κ3) is 5.54. The quantitative estimate of drug-likeness (QED) is 0.522. The Balaban J connectivity index is 1.80. The van der Waals surface area contributed by atoms with Crippen LogP contribution in [0.4, 0.5) is 5.69 Å². The van der Waals surface area contributed by atoms with Gasteiger partial charge < -0.3 is 24.4 Å². The van der Waals surface area contributed by atoms with Crippen molar-refractivity contribution in [2.45, 2.75) is 37.8 Å². The number of anilines is 1. The normalized spacial score (nSPS) is 19.0. The molecule has 0 aliphatic carbocycles. The predicted molar refractivity (Wildman–Crippen MR) is 135 cm³/mol. The largest absolute Gasteiger partial charge is 0.493 e. The summed E-state index contributed by atoms with van der Waals surface area (Å²) in [6.07, 6.45) is 0. The molecule has 8 nitrogen and oxygen atoms in total. The van der Waals surface area contributed by atoms with Crippen LogP contribution >= 0.6 is 11.6 Å². The molecule has 0 aromatic heterocycles. The first kappa shape index (κ1) is 26.4. The molecular formula is C24H34ClN3O5S. The number of hydrogen-bond acceptors (Lipinski definition) is 7. The van der Waals surface area contributed by atoms with Gasteiger partial charge in [-0.05, 0) is 55.3 Å². The van der Waals surface area contributed by atoms with Crippen LogP contribution < -0.4 is 24.2 Å². The molecule has 0 spiro atoms. The van der Waals surface area contributed by atoms with Crippen molar-refractivity contribution in [1.82, 2.24) is 9.62 Å². The monoisotopic (exact) mass is 511 g/mol. The number of rotatable bonds is 9. The fourth-order valence-electron chi connectivity index (χ4n) is 4.33. The molecule has 2 atom stereocenters. The summed E-state index contributed by atoms with van der Waals surface area (Å²) in [5, 5.41) is 3.64. The summed E-state index contributed by atoms with van der Waals surface area (Å²) in [6.45, 7) is 7.57. The topological polar surface area (TPSA) is 89.1 Å². The average Bonchev–Trinajstić information content (AvgIpc) is 3.03. The molecule has 1 heterocycles. The minimum atomic E-state index is -3.72. The van der Waals surface area contributed by atoms with E-state index in [4.69, 9.17) is 25.8 Å². The number of nitrogens with one attached hydrogen (secondary N) is 2. The summed E-state index contributed by atoms with van der Waals surface area (Å²) in [5.74, 6) is 1.60. The number of sulfonamides is 1. The van der Waals surface area contributed by atoms with Gasteiger partial charge in [0.1, 0.15) is 0 Å². The van der Waals surface area contributed by atoms with Crippen molar-refractivity contribution in [3.05, 3.63) is 40.9 Å². The minimum absolute atomic E-state index is 0.133. The highest BCUT2D eigenvalue weighted by Gasteiger charge is 2.40. The van der Waals surface area contributed by atoms with Crippen LogP contribution in [0.5, 0.6) is 17.2 Å². The van der Waals surface area contributed by atoms with Gasteiger partial charge >= 0.3 is 0 Å². The summed E-state index contributed by atoms with van der Waals surface area (Å²) < 4.78 is 45.2. The van der Waals surface area contributed by atoms with Gasteiger partial charge in [0.25, 0.3) is 0 Å². The zero-order valence-corrected chi connectivity index (χ0v) is 22.3. The fourth-order valence-corrected chi connectivity index (χ4v) is 6.05. The van der Waals surface area contributed by atoms with E-state index in [1.807, 2.05) is 26.1 Å². The highest BCUT2D eigenvalue weighted by atomic mass is 35.5. The molecule has 34 heavy (non-hydrogen) atoms. The van der Waals surface area contributed by atoms with Gasteiger partial charge in [-0.25, -0.2) is 13.1 Å². The van der Waals surface area contributed by atoms with E-state index in [0.717, 1.165) is 12.1 Å².